The minimum atomic E-state index is -4.26. The van der Waals surface area contributed by atoms with Gasteiger partial charge in [0.1, 0.15) is 0 Å². The molecule has 1 aliphatic heterocycles. The van der Waals surface area contributed by atoms with Gasteiger partial charge >= 0.3 is 6.18 Å². The highest BCUT2D eigenvalue weighted by molar-refractivity contribution is 5.26. The van der Waals surface area contributed by atoms with Crippen LogP contribution in [0, 0.1) is 0 Å². The molecule has 0 bridgehead atoms. The van der Waals surface area contributed by atoms with E-state index in [9.17, 15) is 13.2 Å². The van der Waals surface area contributed by atoms with Gasteiger partial charge < -0.3 is 10.2 Å². The lowest BCUT2D eigenvalue weighted by atomic mass is 9.83. The third-order valence-corrected chi connectivity index (χ3v) is 4.44. The Bertz CT molecular complexity index is 473. The lowest BCUT2D eigenvalue weighted by molar-refractivity contribution is -0.137. The number of aryl methyl sites for hydroxylation is 1. The van der Waals surface area contributed by atoms with Crippen molar-refractivity contribution in [3.8, 4) is 0 Å². The average Bonchev–Trinajstić information content (AvgIpc) is 2.45. The molecule has 1 N–H and O–H groups in total. The zero-order chi connectivity index (χ0) is 15.5. The highest BCUT2D eigenvalue weighted by Gasteiger charge is 2.33. The summed E-state index contributed by atoms with van der Waals surface area (Å²) in [6.45, 7) is 2.04. The molecule has 0 aliphatic carbocycles. The molecule has 1 saturated heterocycles. The molecule has 5 heteroatoms. The molecule has 0 saturated carbocycles. The summed E-state index contributed by atoms with van der Waals surface area (Å²) in [5, 5.41) is 3.40. The van der Waals surface area contributed by atoms with Crippen LogP contribution in [0.2, 0.25) is 0 Å². The maximum Gasteiger partial charge on any atom is 0.416 e. The van der Waals surface area contributed by atoms with Gasteiger partial charge in [-0.3, -0.25) is 0 Å². The SMILES string of the molecule is CN[C@]1(CCc2cccc(C(F)(F)F)c2)CCCN(C)C1. The van der Waals surface area contributed by atoms with Crippen molar-refractivity contribution in [2.24, 2.45) is 0 Å². The highest BCUT2D eigenvalue weighted by atomic mass is 19.4. The van der Waals surface area contributed by atoms with Gasteiger partial charge in [0.05, 0.1) is 5.56 Å². The highest BCUT2D eigenvalue weighted by Crippen LogP contribution is 2.31. The van der Waals surface area contributed by atoms with E-state index in [0.29, 0.717) is 6.42 Å². The van der Waals surface area contributed by atoms with Gasteiger partial charge in [0, 0.05) is 12.1 Å². The Morgan fingerprint density at radius 1 is 1.33 bits per heavy atom. The molecule has 118 valence electrons. The van der Waals surface area contributed by atoms with Crippen LogP contribution in [0.3, 0.4) is 0 Å². The number of hydrogen-bond acceptors (Lipinski definition) is 2. The molecular formula is C16H23F3N2. The van der Waals surface area contributed by atoms with E-state index in [4.69, 9.17) is 0 Å². The van der Waals surface area contributed by atoms with E-state index >= 15 is 0 Å². The molecule has 21 heavy (non-hydrogen) atoms. The lowest BCUT2D eigenvalue weighted by Gasteiger charge is -2.41. The predicted molar refractivity (Wildman–Crippen MR) is 78.3 cm³/mol. The summed E-state index contributed by atoms with van der Waals surface area (Å²) >= 11 is 0. The van der Waals surface area contributed by atoms with Crippen molar-refractivity contribution < 1.29 is 13.2 Å². The molecule has 2 rings (SSSR count). The molecule has 1 heterocycles. The van der Waals surface area contributed by atoms with Crippen LogP contribution >= 0.6 is 0 Å². The van der Waals surface area contributed by atoms with Crippen LogP contribution in [0.1, 0.15) is 30.4 Å². The third-order valence-electron chi connectivity index (χ3n) is 4.44. The van der Waals surface area contributed by atoms with Crippen LogP contribution in [0.25, 0.3) is 0 Å². The predicted octanol–water partition coefficient (Wildman–Crippen LogP) is 3.32. The van der Waals surface area contributed by atoms with Crippen molar-refractivity contribution in [3.63, 3.8) is 0 Å². The van der Waals surface area contributed by atoms with E-state index in [1.807, 2.05) is 7.05 Å². The van der Waals surface area contributed by atoms with Gasteiger partial charge in [-0.2, -0.15) is 13.2 Å². The van der Waals surface area contributed by atoms with Gasteiger partial charge in [-0.05, 0) is 58.0 Å². The van der Waals surface area contributed by atoms with E-state index in [1.54, 1.807) is 6.07 Å². The monoisotopic (exact) mass is 300 g/mol. The van der Waals surface area contributed by atoms with Crippen molar-refractivity contribution in [3.05, 3.63) is 35.4 Å². The van der Waals surface area contributed by atoms with Crippen LogP contribution < -0.4 is 5.32 Å². The summed E-state index contributed by atoms with van der Waals surface area (Å²) in [5.74, 6) is 0. The Kier molecular flexibility index (Phi) is 4.94. The summed E-state index contributed by atoms with van der Waals surface area (Å²) in [6, 6.07) is 5.68. The number of halogens is 3. The minimum Gasteiger partial charge on any atom is -0.313 e. The largest absolute Gasteiger partial charge is 0.416 e. The van der Waals surface area contributed by atoms with Crippen LogP contribution in [-0.2, 0) is 12.6 Å². The average molecular weight is 300 g/mol. The Hall–Kier alpha value is -1.07. The zero-order valence-corrected chi connectivity index (χ0v) is 12.6. The smallest absolute Gasteiger partial charge is 0.313 e. The first-order valence-corrected chi connectivity index (χ1v) is 7.38. The first kappa shape index (κ1) is 16.3. The van der Waals surface area contributed by atoms with E-state index in [1.165, 1.54) is 12.1 Å². The van der Waals surface area contributed by atoms with Gasteiger partial charge in [0.25, 0.3) is 0 Å². The second kappa shape index (κ2) is 6.36. The molecule has 2 nitrogen and oxygen atoms in total. The first-order valence-electron chi connectivity index (χ1n) is 7.38. The number of piperidine rings is 1. The van der Waals surface area contributed by atoms with Crippen molar-refractivity contribution in [2.45, 2.75) is 37.4 Å². The van der Waals surface area contributed by atoms with Crippen LogP contribution in [0.4, 0.5) is 13.2 Å². The number of nitrogens with zero attached hydrogens (tertiary/aromatic N) is 1. The number of hydrogen-bond donors (Lipinski definition) is 1. The van der Waals surface area contributed by atoms with E-state index in [-0.39, 0.29) is 5.54 Å². The fourth-order valence-electron chi connectivity index (χ4n) is 3.18. The van der Waals surface area contributed by atoms with Gasteiger partial charge in [-0.15, -0.1) is 0 Å². The van der Waals surface area contributed by atoms with Crippen molar-refractivity contribution in [1.82, 2.24) is 10.2 Å². The number of alkyl halides is 3. The van der Waals surface area contributed by atoms with Crippen molar-refractivity contribution >= 4 is 0 Å². The van der Waals surface area contributed by atoms with Gasteiger partial charge in [-0.1, -0.05) is 18.2 Å². The number of likely N-dealkylation sites (N-methyl/N-ethyl adjacent to an activating group) is 2. The lowest BCUT2D eigenvalue weighted by Crippen LogP contribution is -2.55. The molecule has 1 aliphatic rings. The third kappa shape index (κ3) is 4.20. The second-order valence-corrected chi connectivity index (χ2v) is 6.07. The maximum absolute atomic E-state index is 12.7. The van der Waals surface area contributed by atoms with Crippen LogP contribution in [0.5, 0.6) is 0 Å². The summed E-state index contributed by atoms with van der Waals surface area (Å²) in [6.07, 6.45) is -0.539. The van der Waals surface area contributed by atoms with E-state index in [0.717, 1.165) is 44.0 Å². The van der Waals surface area contributed by atoms with Crippen molar-refractivity contribution in [2.75, 3.05) is 27.2 Å². The first-order chi connectivity index (χ1) is 9.85. The molecule has 0 radical (unpaired) electrons. The number of rotatable bonds is 4. The summed E-state index contributed by atoms with van der Waals surface area (Å²) < 4.78 is 38.2. The topological polar surface area (TPSA) is 15.3 Å². The molecule has 1 aromatic carbocycles. The zero-order valence-electron chi connectivity index (χ0n) is 12.6. The number of benzene rings is 1. The molecule has 0 unspecified atom stereocenters. The van der Waals surface area contributed by atoms with Gasteiger partial charge in [-0.25, -0.2) is 0 Å². The van der Waals surface area contributed by atoms with Crippen molar-refractivity contribution in [1.29, 1.82) is 0 Å². The van der Waals surface area contributed by atoms with E-state index in [2.05, 4.69) is 17.3 Å². The standard InChI is InChI=1S/C16H23F3N2/c1-20-15(8-4-10-21(2)12-15)9-7-13-5-3-6-14(11-13)16(17,18)19/h3,5-6,11,20H,4,7-10,12H2,1-2H3/t15-/m0/s1. The maximum atomic E-state index is 12.7. The summed E-state index contributed by atoms with van der Waals surface area (Å²) in [5.41, 5.74) is 0.216. The van der Waals surface area contributed by atoms with Crippen LogP contribution in [-0.4, -0.2) is 37.6 Å². The Labute approximate surface area is 124 Å². The molecule has 0 spiro atoms. The summed E-state index contributed by atoms with van der Waals surface area (Å²) in [7, 11) is 4.04. The fraction of sp³-hybridized carbons (Fsp3) is 0.625. The van der Waals surface area contributed by atoms with Crippen LogP contribution in [0.15, 0.2) is 24.3 Å². The molecule has 1 atom stereocenters. The molecule has 1 aromatic rings. The number of likely N-dealkylation sites (tertiary alicyclic amines) is 1. The normalized spacial score (nSPS) is 24.2. The molecule has 1 fully saturated rings. The summed E-state index contributed by atoms with van der Waals surface area (Å²) in [4.78, 5) is 2.28. The van der Waals surface area contributed by atoms with E-state index < -0.39 is 11.7 Å². The molecular weight excluding hydrogens is 277 g/mol. The molecule has 0 aromatic heterocycles. The Balaban J connectivity index is 2.05. The Morgan fingerprint density at radius 3 is 2.71 bits per heavy atom. The number of nitrogens with one attached hydrogen (secondary N) is 1. The fourth-order valence-corrected chi connectivity index (χ4v) is 3.18. The second-order valence-electron chi connectivity index (χ2n) is 6.07. The quantitative estimate of drug-likeness (QED) is 0.917. The van der Waals surface area contributed by atoms with Gasteiger partial charge in [0.15, 0.2) is 0 Å². The Morgan fingerprint density at radius 2 is 2.10 bits per heavy atom. The molecule has 0 amide bonds. The minimum absolute atomic E-state index is 0.0151. The van der Waals surface area contributed by atoms with Gasteiger partial charge in [0.2, 0.25) is 0 Å².